The molecule has 1 heterocycles. The van der Waals surface area contributed by atoms with Crippen LogP contribution in [0.25, 0.3) is 0 Å². The lowest BCUT2D eigenvalue weighted by Crippen LogP contribution is -2.40. The lowest BCUT2D eigenvalue weighted by molar-refractivity contribution is 0.0666. The van der Waals surface area contributed by atoms with Gasteiger partial charge in [0.15, 0.2) is 5.69 Å². The minimum absolute atomic E-state index is 0.126. The predicted octanol–water partition coefficient (Wildman–Crippen LogP) is 1.44. The van der Waals surface area contributed by atoms with E-state index in [9.17, 15) is 9.59 Å². The first-order valence-corrected chi connectivity index (χ1v) is 6.17. The van der Waals surface area contributed by atoms with Crippen molar-refractivity contribution in [3.05, 3.63) is 23.8 Å². The van der Waals surface area contributed by atoms with Crippen LogP contribution < -0.4 is 0 Å². The van der Waals surface area contributed by atoms with Gasteiger partial charge in [0, 0.05) is 13.1 Å². The molecule has 1 aromatic heterocycles. The third kappa shape index (κ3) is 2.57. The maximum Gasteiger partial charge on any atom is 0.356 e. The van der Waals surface area contributed by atoms with Gasteiger partial charge in [-0.25, -0.2) is 14.8 Å². The Kier molecular flexibility index (Phi) is 3.26. The third-order valence-electron chi connectivity index (χ3n) is 4.04. The molecule has 1 saturated carbocycles. The number of amides is 1. The second kappa shape index (κ2) is 4.60. The number of carboxylic acid groups (broad SMARTS) is 1. The van der Waals surface area contributed by atoms with Gasteiger partial charge in [-0.3, -0.25) is 4.79 Å². The molecule has 1 aliphatic rings. The van der Waals surface area contributed by atoms with Crippen LogP contribution in [0, 0.1) is 5.41 Å². The van der Waals surface area contributed by atoms with E-state index in [1.807, 2.05) is 6.92 Å². The van der Waals surface area contributed by atoms with Crippen molar-refractivity contribution in [1.29, 1.82) is 0 Å². The lowest BCUT2D eigenvalue weighted by atomic mass is 9.99. The van der Waals surface area contributed by atoms with Gasteiger partial charge >= 0.3 is 5.97 Å². The molecule has 6 heteroatoms. The molecule has 1 fully saturated rings. The first kappa shape index (κ1) is 13.5. The highest BCUT2D eigenvalue weighted by molar-refractivity contribution is 5.92. The Bertz CT molecular complexity index is 508. The smallest absolute Gasteiger partial charge is 0.356 e. The molecule has 102 valence electrons. The van der Waals surface area contributed by atoms with Crippen molar-refractivity contribution in [2.45, 2.75) is 32.7 Å². The second-order valence-corrected chi connectivity index (χ2v) is 5.34. The van der Waals surface area contributed by atoms with Crippen molar-refractivity contribution in [3.63, 3.8) is 0 Å². The summed E-state index contributed by atoms with van der Waals surface area (Å²) in [6.45, 7) is 4.17. The van der Waals surface area contributed by atoms with Crippen molar-refractivity contribution in [3.8, 4) is 0 Å². The van der Waals surface area contributed by atoms with Gasteiger partial charge in [0.1, 0.15) is 5.69 Å². The molecule has 0 radical (unpaired) electrons. The van der Waals surface area contributed by atoms with E-state index in [0.717, 1.165) is 19.0 Å². The Balaban J connectivity index is 2.12. The summed E-state index contributed by atoms with van der Waals surface area (Å²) in [6.07, 6.45) is 4.56. The summed E-state index contributed by atoms with van der Waals surface area (Å²) in [4.78, 5) is 32.1. The Morgan fingerprint density at radius 2 is 1.84 bits per heavy atom. The normalized spacial score (nSPS) is 17.6. The fourth-order valence-electron chi connectivity index (χ4n) is 1.99. The van der Waals surface area contributed by atoms with Gasteiger partial charge in [0.2, 0.25) is 0 Å². The zero-order chi connectivity index (χ0) is 14.2. The molecule has 6 nitrogen and oxygen atoms in total. The summed E-state index contributed by atoms with van der Waals surface area (Å²) < 4.78 is 0. The Morgan fingerprint density at radius 1 is 1.32 bits per heavy atom. The number of hydrogen-bond acceptors (Lipinski definition) is 4. The number of rotatable bonds is 4. The number of aromatic nitrogens is 2. The van der Waals surface area contributed by atoms with E-state index in [-0.39, 0.29) is 28.8 Å². The zero-order valence-electron chi connectivity index (χ0n) is 11.3. The maximum absolute atomic E-state index is 12.2. The molecule has 1 aliphatic carbocycles. The highest BCUT2D eigenvalue weighted by Crippen LogP contribution is 2.49. The number of carboxylic acids is 1. The average molecular weight is 263 g/mol. The van der Waals surface area contributed by atoms with Crippen LogP contribution in [0.5, 0.6) is 0 Å². The van der Waals surface area contributed by atoms with Crippen molar-refractivity contribution in [1.82, 2.24) is 14.9 Å². The highest BCUT2D eigenvalue weighted by Gasteiger charge is 2.45. The van der Waals surface area contributed by atoms with Crippen molar-refractivity contribution in [2.24, 2.45) is 5.41 Å². The fourth-order valence-corrected chi connectivity index (χ4v) is 1.99. The van der Waals surface area contributed by atoms with Crippen LogP contribution in [0.1, 0.15) is 47.7 Å². The van der Waals surface area contributed by atoms with Gasteiger partial charge in [-0.2, -0.15) is 0 Å². The molecule has 1 amide bonds. The van der Waals surface area contributed by atoms with Gasteiger partial charge in [0.05, 0.1) is 12.4 Å². The summed E-state index contributed by atoms with van der Waals surface area (Å²) in [5.41, 5.74) is 0.198. The monoisotopic (exact) mass is 263 g/mol. The molecule has 1 aromatic rings. The van der Waals surface area contributed by atoms with Crippen molar-refractivity contribution < 1.29 is 14.7 Å². The molecule has 0 saturated heterocycles. The average Bonchev–Trinajstić information content (AvgIpc) is 3.15. The van der Waals surface area contributed by atoms with Gasteiger partial charge in [0.25, 0.3) is 5.91 Å². The lowest BCUT2D eigenvalue weighted by Gasteiger charge is -2.29. The minimum Gasteiger partial charge on any atom is -0.476 e. The van der Waals surface area contributed by atoms with E-state index in [1.165, 1.54) is 6.20 Å². The molecule has 0 spiro atoms. The van der Waals surface area contributed by atoms with E-state index in [1.54, 1.807) is 11.9 Å². The van der Waals surface area contributed by atoms with Gasteiger partial charge in [-0.15, -0.1) is 0 Å². The summed E-state index contributed by atoms with van der Waals surface area (Å²) in [7, 11) is 1.74. The second-order valence-electron chi connectivity index (χ2n) is 5.34. The largest absolute Gasteiger partial charge is 0.476 e. The van der Waals surface area contributed by atoms with E-state index in [4.69, 9.17) is 5.11 Å². The highest BCUT2D eigenvalue weighted by atomic mass is 16.4. The van der Waals surface area contributed by atoms with Gasteiger partial charge < -0.3 is 10.0 Å². The number of carbonyl (C=O) groups excluding carboxylic acids is 1. The molecule has 0 aliphatic heterocycles. The van der Waals surface area contributed by atoms with Crippen molar-refractivity contribution >= 4 is 11.9 Å². The Morgan fingerprint density at radius 3 is 2.26 bits per heavy atom. The van der Waals surface area contributed by atoms with E-state index >= 15 is 0 Å². The van der Waals surface area contributed by atoms with Crippen LogP contribution in [0.2, 0.25) is 0 Å². The van der Waals surface area contributed by atoms with Crippen molar-refractivity contribution in [2.75, 3.05) is 7.05 Å². The number of aromatic carboxylic acids is 1. The van der Waals surface area contributed by atoms with E-state index < -0.39 is 5.97 Å². The number of nitrogens with zero attached hydrogens (tertiary/aromatic N) is 3. The van der Waals surface area contributed by atoms with Gasteiger partial charge in [-0.05, 0) is 25.2 Å². The third-order valence-corrected chi connectivity index (χ3v) is 4.04. The molecular weight excluding hydrogens is 246 g/mol. The summed E-state index contributed by atoms with van der Waals surface area (Å²) in [5, 5.41) is 8.73. The number of hydrogen-bond donors (Lipinski definition) is 1. The first-order chi connectivity index (χ1) is 8.85. The SMILES string of the molecule is CC(N(C)C(=O)c1cnc(C(=O)O)cn1)C1(C)CC1. The summed E-state index contributed by atoms with van der Waals surface area (Å²) in [5.74, 6) is -1.39. The molecule has 0 aromatic carbocycles. The molecule has 19 heavy (non-hydrogen) atoms. The summed E-state index contributed by atoms with van der Waals surface area (Å²) in [6, 6.07) is 0.126. The quantitative estimate of drug-likeness (QED) is 0.888. The zero-order valence-corrected chi connectivity index (χ0v) is 11.3. The van der Waals surface area contributed by atoms with Crippen LogP contribution in [0.4, 0.5) is 0 Å². The summed E-state index contributed by atoms with van der Waals surface area (Å²) >= 11 is 0. The first-order valence-electron chi connectivity index (χ1n) is 6.17. The standard InChI is InChI=1S/C13H17N3O3/c1-8(13(2)4-5-13)16(3)11(17)9-6-15-10(7-14-9)12(18)19/h6-8H,4-5H2,1-3H3,(H,18,19). The van der Waals surface area contributed by atoms with Crippen LogP contribution in [-0.2, 0) is 0 Å². The Hall–Kier alpha value is -1.98. The van der Waals surface area contributed by atoms with E-state index in [0.29, 0.717) is 0 Å². The molecule has 1 N–H and O–H groups in total. The molecule has 1 atom stereocenters. The van der Waals surface area contributed by atoms with Gasteiger partial charge in [-0.1, -0.05) is 6.92 Å². The maximum atomic E-state index is 12.2. The topological polar surface area (TPSA) is 83.4 Å². The van der Waals surface area contributed by atoms with Crippen LogP contribution >= 0.6 is 0 Å². The molecule has 1 unspecified atom stereocenters. The predicted molar refractivity (Wildman–Crippen MR) is 67.9 cm³/mol. The molecule has 2 rings (SSSR count). The van der Waals surface area contributed by atoms with Crippen LogP contribution in [-0.4, -0.2) is 44.9 Å². The molecule has 0 bridgehead atoms. The minimum atomic E-state index is -1.15. The van der Waals surface area contributed by atoms with Crippen LogP contribution in [0.15, 0.2) is 12.4 Å². The van der Waals surface area contributed by atoms with Crippen LogP contribution in [0.3, 0.4) is 0 Å². The number of carbonyl (C=O) groups is 2. The fraction of sp³-hybridized carbons (Fsp3) is 0.538. The Labute approximate surface area is 111 Å². The van der Waals surface area contributed by atoms with E-state index in [2.05, 4.69) is 16.9 Å². The molecular formula is C13H17N3O3.